The number of rotatable bonds is 14. The SMILES string of the molecule is CCCCCCCCCCCC(=O)N1CCC(N2CCC(C(=O)N(C)Cc3ccccc3)CC2)CC1. The second-order valence-electron chi connectivity index (χ2n) is 11.2. The Kier molecular flexibility index (Phi) is 12.8. The number of unbranched alkanes of at least 4 members (excludes halogenated alkanes) is 8. The number of hydrogen-bond donors (Lipinski definition) is 0. The Morgan fingerprint density at radius 3 is 2.00 bits per heavy atom. The standard InChI is InChI=1S/C31H51N3O2/c1-3-4-5-6-7-8-9-10-14-17-30(35)34-24-20-29(21-25-34)33-22-18-28(19-23-33)31(36)32(2)26-27-15-12-11-13-16-27/h11-13,15-16,28-29H,3-10,14,17-26H2,1-2H3. The van der Waals surface area contributed by atoms with Crippen molar-refractivity contribution in [2.75, 3.05) is 33.2 Å². The normalized spacial score (nSPS) is 17.9. The summed E-state index contributed by atoms with van der Waals surface area (Å²) < 4.78 is 0. The van der Waals surface area contributed by atoms with Gasteiger partial charge in [0.2, 0.25) is 11.8 Å². The van der Waals surface area contributed by atoms with Gasteiger partial charge in [-0.15, -0.1) is 0 Å². The number of carbonyl (C=O) groups is 2. The molecule has 1 aromatic carbocycles. The van der Waals surface area contributed by atoms with Crippen molar-refractivity contribution in [1.82, 2.24) is 14.7 Å². The highest BCUT2D eigenvalue weighted by atomic mass is 16.2. The predicted molar refractivity (Wildman–Crippen MR) is 149 cm³/mol. The van der Waals surface area contributed by atoms with E-state index >= 15 is 0 Å². The van der Waals surface area contributed by atoms with Gasteiger partial charge in [-0.3, -0.25) is 9.59 Å². The number of carbonyl (C=O) groups excluding carboxylic acids is 2. The number of benzene rings is 1. The van der Waals surface area contributed by atoms with E-state index in [1.165, 1.54) is 56.9 Å². The number of amides is 2. The highest BCUT2D eigenvalue weighted by Gasteiger charge is 2.32. The van der Waals surface area contributed by atoms with E-state index in [9.17, 15) is 9.59 Å². The zero-order chi connectivity index (χ0) is 25.6. The second kappa shape index (κ2) is 16.1. The van der Waals surface area contributed by atoms with E-state index in [2.05, 4.69) is 28.9 Å². The van der Waals surface area contributed by atoms with Gasteiger partial charge in [0.15, 0.2) is 0 Å². The molecule has 0 radical (unpaired) electrons. The van der Waals surface area contributed by atoms with Crippen molar-refractivity contribution in [2.24, 2.45) is 5.92 Å². The highest BCUT2D eigenvalue weighted by molar-refractivity contribution is 5.78. The lowest BCUT2D eigenvalue weighted by Gasteiger charge is -2.42. The molecule has 2 fully saturated rings. The zero-order valence-corrected chi connectivity index (χ0v) is 23.1. The summed E-state index contributed by atoms with van der Waals surface area (Å²) in [5.74, 6) is 0.797. The van der Waals surface area contributed by atoms with Crippen LogP contribution in [0.5, 0.6) is 0 Å². The van der Waals surface area contributed by atoms with Crippen LogP contribution in [0, 0.1) is 5.92 Å². The van der Waals surface area contributed by atoms with E-state index in [0.29, 0.717) is 18.5 Å². The Labute approximate surface area is 220 Å². The average Bonchev–Trinajstić information content (AvgIpc) is 2.92. The molecular weight excluding hydrogens is 446 g/mol. The molecule has 2 saturated heterocycles. The highest BCUT2D eigenvalue weighted by Crippen LogP contribution is 2.26. The van der Waals surface area contributed by atoms with E-state index in [4.69, 9.17) is 0 Å². The monoisotopic (exact) mass is 497 g/mol. The lowest BCUT2D eigenvalue weighted by atomic mass is 9.92. The molecule has 3 rings (SSSR count). The maximum absolute atomic E-state index is 13.0. The number of likely N-dealkylation sites (tertiary alicyclic amines) is 2. The molecule has 5 heteroatoms. The first-order valence-corrected chi connectivity index (χ1v) is 14.9. The summed E-state index contributed by atoms with van der Waals surface area (Å²) in [5.41, 5.74) is 1.19. The van der Waals surface area contributed by atoms with Crippen LogP contribution in [0.3, 0.4) is 0 Å². The zero-order valence-electron chi connectivity index (χ0n) is 23.1. The molecule has 0 unspecified atom stereocenters. The van der Waals surface area contributed by atoms with Crippen LogP contribution in [-0.4, -0.2) is 65.8 Å². The third-order valence-electron chi connectivity index (χ3n) is 8.35. The summed E-state index contributed by atoms with van der Waals surface area (Å²) in [7, 11) is 1.93. The van der Waals surface area contributed by atoms with Crippen LogP contribution >= 0.6 is 0 Å². The Hall–Kier alpha value is -1.88. The fourth-order valence-electron chi connectivity index (χ4n) is 5.98. The van der Waals surface area contributed by atoms with Crippen molar-refractivity contribution < 1.29 is 9.59 Å². The predicted octanol–water partition coefficient (Wildman–Crippen LogP) is 6.27. The van der Waals surface area contributed by atoms with E-state index in [1.54, 1.807) is 0 Å². The number of nitrogens with zero attached hydrogens (tertiary/aromatic N) is 3. The summed E-state index contributed by atoms with van der Waals surface area (Å²) in [4.78, 5) is 32.2. The molecule has 2 heterocycles. The van der Waals surface area contributed by atoms with Crippen LogP contribution in [0.2, 0.25) is 0 Å². The van der Waals surface area contributed by atoms with Gasteiger partial charge in [-0.25, -0.2) is 0 Å². The lowest BCUT2D eigenvalue weighted by Crippen LogP contribution is -2.50. The van der Waals surface area contributed by atoms with Crippen LogP contribution in [0.15, 0.2) is 30.3 Å². The average molecular weight is 498 g/mol. The molecule has 0 atom stereocenters. The van der Waals surface area contributed by atoms with Crippen LogP contribution in [-0.2, 0) is 16.1 Å². The smallest absolute Gasteiger partial charge is 0.225 e. The van der Waals surface area contributed by atoms with Gasteiger partial charge in [0.05, 0.1) is 0 Å². The third kappa shape index (κ3) is 9.53. The fraction of sp³-hybridized carbons (Fsp3) is 0.742. The fourth-order valence-corrected chi connectivity index (χ4v) is 5.98. The lowest BCUT2D eigenvalue weighted by molar-refractivity contribution is -0.137. The van der Waals surface area contributed by atoms with Gasteiger partial charge in [-0.05, 0) is 50.8 Å². The topological polar surface area (TPSA) is 43.9 Å². The summed E-state index contributed by atoms with van der Waals surface area (Å²) in [6.45, 7) is 6.77. The molecular formula is C31H51N3O2. The summed E-state index contributed by atoms with van der Waals surface area (Å²) in [5, 5.41) is 0. The third-order valence-corrected chi connectivity index (χ3v) is 8.35. The summed E-state index contributed by atoms with van der Waals surface area (Å²) in [6, 6.07) is 10.8. The maximum atomic E-state index is 13.0. The van der Waals surface area contributed by atoms with E-state index in [-0.39, 0.29) is 11.8 Å². The first-order chi connectivity index (χ1) is 17.6. The summed E-state index contributed by atoms with van der Waals surface area (Å²) in [6.07, 6.45) is 16.4. The minimum absolute atomic E-state index is 0.146. The minimum Gasteiger partial charge on any atom is -0.343 e. The van der Waals surface area contributed by atoms with Gasteiger partial charge in [-0.2, -0.15) is 0 Å². The van der Waals surface area contributed by atoms with Gasteiger partial charge in [0, 0.05) is 45.1 Å². The maximum Gasteiger partial charge on any atom is 0.225 e. The van der Waals surface area contributed by atoms with Crippen molar-refractivity contribution >= 4 is 11.8 Å². The van der Waals surface area contributed by atoms with Crippen molar-refractivity contribution in [3.8, 4) is 0 Å². The first-order valence-electron chi connectivity index (χ1n) is 14.9. The summed E-state index contributed by atoms with van der Waals surface area (Å²) >= 11 is 0. The molecule has 36 heavy (non-hydrogen) atoms. The van der Waals surface area contributed by atoms with Gasteiger partial charge < -0.3 is 14.7 Å². The Morgan fingerprint density at radius 2 is 1.39 bits per heavy atom. The van der Waals surface area contributed by atoms with Crippen molar-refractivity contribution in [3.05, 3.63) is 35.9 Å². The molecule has 0 spiro atoms. The van der Waals surface area contributed by atoms with E-state index in [0.717, 1.165) is 64.7 Å². The molecule has 2 amide bonds. The van der Waals surface area contributed by atoms with Crippen LogP contribution in [0.1, 0.15) is 102 Å². The number of piperidine rings is 2. The Morgan fingerprint density at radius 1 is 0.806 bits per heavy atom. The van der Waals surface area contributed by atoms with E-state index < -0.39 is 0 Å². The molecule has 1 aromatic rings. The second-order valence-corrected chi connectivity index (χ2v) is 11.2. The van der Waals surface area contributed by atoms with Crippen molar-refractivity contribution in [3.63, 3.8) is 0 Å². The largest absolute Gasteiger partial charge is 0.343 e. The van der Waals surface area contributed by atoms with E-state index in [1.807, 2.05) is 30.1 Å². The first kappa shape index (κ1) is 28.7. The molecule has 2 aliphatic rings. The molecule has 0 aromatic heterocycles. The van der Waals surface area contributed by atoms with Crippen LogP contribution < -0.4 is 0 Å². The van der Waals surface area contributed by atoms with Crippen molar-refractivity contribution in [1.29, 1.82) is 0 Å². The number of hydrogen-bond acceptors (Lipinski definition) is 3. The van der Waals surface area contributed by atoms with Gasteiger partial charge in [0.25, 0.3) is 0 Å². The van der Waals surface area contributed by atoms with Crippen molar-refractivity contribution in [2.45, 2.75) is 109 Å². The van der Waals surface area contributed by atoms with Gasteiger partial charge >= 0.3 is 0 Å². The molecule has 2 aliphatic heterocycles. The Bertz CT molecular complexity index is 752. The van der Waals surface area contributed by atoms with Gasteiger partial charge in [0.1, 0.15) is 0 Å². The molecule has 0 bridgehead atoms. The van der Waals surface area contributed by atoms with Gasteiger partial charge in [-0.1, -0.05) is 88.6 Å². The van der Waals surface area contributed by atoms with Crippen LogP contribution in [0.25, 0.3) is 0 Å². The minimum atomic E-state index is 0.146. The molecule has 0 saturated carbocycles. The quantitative estimate of drug-likeness (QED) is 0.285. The molecule has 0 N–H and O–H groups in total. The molecule has 0 aliphatic carbocycles. The van der Waals surface area contributed by atoms with Crippen LogP contribution in [0.4, 0.5) is 0 Å². The molecule has 202 valence electrons. The Balaban J connectivity index is 1.26. The molecule has 5 nitrogen and oxygen atoms in total.